The Bertz CT molecular complexity index is 915. The van der Waals surface area contributed by atoms with Crippen molar-refractivity contribution in [2.24, 2.45) is 10.2 Å². The van der Waals surface area contributed by atoms with Gasteiger partial charge in [-0.1, -0.05) is 12.1 Å². The van der Waals surface area contributed by atoms with Crippen LogP contribution in [0.2, 0.25) is 0 Å². The second-order valence-electron chi connectivity index (χ2n) is 6.97. The predicted octanol–water partition coefficient (Wildman–Crippen LogP) is 4.45. The lowest BCUT2D eigenvalue weighted by Gasteiger charge is -2.25. The zero-order valence-corrected chi connectivity index (χ0v) is 15.8. The normalized spacial score (nSPS) is 19.1. The molecule has 0 radical (unpaired) electrons. The summed E-state index contributed by atoms with van der Waals surface area (Å²) in [4.78, 5) is 24.4. The van der Waals surface area contributed by atoms with Gasteiger partial charge in [0.25, 0.3) is 11.8 Å². The van der Waals surface area contributed by atoms with Crippen LogP contribution >= 0.6 is 11.3 Å². The molecule has 5 nitrogen and oxygen atoms in total. The van der Waals surface area contributed by atoms with Crippen LogP contribution in [0.25, 0.3) is 0 Å². The number of hydrogen-bond donors (Lipinski definition) is 1. The standard InChI is InChI=1S/C21H21N3O2S/c25-20(22-12-15-8-9-27-13-15)16-5-3-4-14(10-16)11-19-17-6-1-2-7-18(17)21(26)24-23-19/h3-5,8-10,13,19H,1-2,6-7,11-12H2,(H,22,25). The average molecular weight is 379 g/mol. The Kier molecular flexibility index (Phi) is 5.25. The fourth-order valence-electron chi connectivity index (χ4n) is 3.70. The fourth-order valence-corrected chi connectivity index (χ4v) is 4.37. The minimum absolute atomic E-state index is 0.0814. The van der Waals surface area contributed by atoms with Crippen LogP contribution in [0.15, 0.2) is 62.5 Å². The summed E-state index contributed by atoms with van der Waals surface area (Å²) in [5.74, 6) is -0.247. The van der Waals surface area contributed by atoms with E-state index in [-0.39, 0.29) is 17.9 Å². The maximum absolute atomic E-state index is 12.5. The molecule has 1 N–H and O–H groups in total. The third kappa shape index (κ3) is 4.06. The van der Waals surface area contributed by atoms with Crippen LogP contribution in [0.1, 0.15) is 47.2 Å². The third-order valence-corrected chi connectivity index (χ3v) is 5.84. The summed E-state index contributed by atoms with van der Waals surface area (Å²) in [7, 11) is 0. The second-order valence-corrected chi connectivity index (χ2v) is 7.75. The van der Waals surface area contributed by atoms with Gasteiger partial charge in [0, 0.05) is 24.1 Å². The van der Waals surface area contributed by atoms with Crippen molar-refractivity contribution in [2.75, 3.05) is 0 Å². The lowest BCUT2D eigenvalue weighted by molar-refractivity contribution is -0.115. The highest BCUT2D eigenvalue weighted by atomic mass is 32.1. The fraction of sp³-hybridized carbons (Fsp3) is 0.333. The Morgan fingerprint density at radius 3 is 2.93 bits per heavy atom. The molecule has 0 spiro atoms. The van der Waals surface area contributed by atoms with Gasteiger partial charge in [-0.05, 0) is 71.3 Å². The van der Waals surface area contributed by atoms with E-state index in [1.54, 1.807) is 11.3 Å². The Morgan fingerprint density at radius 1 is 1.19 bits per heavy atom. The molecule has 0 bridgehead atoms. The van der Waals surface area contributed by atoms with Gasteiger partial charge < -0.3 is 5.32 Å². The van der Waals surface area contributed by atoms with E-state index in [9.17, 15) is 9.59 Å². The molecule has 6 heteroatoms. The van der Waals surface area contributed by atoms with Crippen molar-refractivity contribution in [3.05, 3.63) is 68.9 Å². The first-order valence-electron chi connectivity index (χ1n) is 9.26. The van der Waals surface area contributed by atoms with E-state index >= 15 is 0 Å². The highest BCUT2D eigenvalue weighted by molar-refractivity contribution is 7.07. The minimum atomic E-state index is -0.164. The number of nitrogens with one attached hydrogen (secondary N) is 1. The van der Waals surface area contributed by atoms with Crippen molar-refractivity contribution < 1.29 is 9.59 Å². The van der Waals surface area contributed by atoms with E-state index in [1.165, 1.54) is 0 Å². The summed E-state index contributed by atoms with van der Waals surface area (Å²) >= 11 is 1.62. The third-order valence-electron chi connectivity index (χ3n) is 5.11. The quantitative estimate of drug-likeness (QED) is 0.833. The predicted molar refractivity (Wildman–Crippen MR) is 105 cm³/mol. The van der Waals surface area contributed by atoms with Gasteiger partial charge in [0.1, 0.15) is 0 Å². The molecule has 0 saturated carbocycles. The van der Waals surface area contributed by atoms with Gasteiger partial charge in [-0.3, -0.25) is 9.59 Å². The molecule has 1 aliphatic carbocycles. The molecule has 0 fully saturated rings. The first-order valence-corrected chi connectivity index (χ1v) is 10.2. The van der Waals surface area contributed by atoms with E-state index in [0.717, 1.165) is 48.0 Å². The molecule has 2 amide bonds. The zero-order chi connectivity index (χ0) is 18.6. The highest BCUT2D eigenvalue weighted by Crippen LogP contribution is 2.33. The summed E-state index contributed by atoms with van der Waals surface area (Å²) in [5, 5.41) is 15.1. The second kappa shape index (κ2) is 7.96. The van der Waals surface area contributed by atoms with Gasteiger partial charge in [-0.15, -0.1) is 5.11 Å². The number of nitrogens with zero attached hydrogens (tertiary/aromatic N) is 2. The number of azo groups is 1. The number of hydrogen-bond acceptors (Lipinski definition) is 4. The number of benzene rings is 1. The average Bonchev–Trinajstić information content (AvgIpc) is 3.22. The molecule has 1 aromatic carbocycles. The van der Waals surface area contributed by atoms with Crippen molar-refractivity contribution >= 4 is 23.2 Å². The van der Waals surface area contributed by atoms with Gasteiger partial charge in [-0.2, -0.15) is 16.5 Å². The Morgan fingerprint density at radius 2 is 2.07 bits per heavy atom. The Labute approximate surface area is 162 Å². The van der Waals surface area contributed by atoms with E-state index in [0.29, 0.717) is 18.5 Å². The largest absolute Gasteiger partial charge is 0.348 e. The lowest BCUT2D eigenvalue weighted by atomic mass is 9.84. The van der Waals surface area contributed by atoms with Crippen molar-refractivity contribution in [3.8, 4) is 0 Å². The SMILES string of the molecule is O=C1N=NC(Cc2cccc(C(=O)NCc3ccsc3)c2)C2=C1CCCC2. The Balaban J connectivity index is 1.46. The van der Waals surface area contributed by atoms with Crippen molar-refractivity contribution in [2.45, 2.75) is 44.7 Å². The van der Waals surface area contributed by atoms with Gasteiger partial charge >= 0.3 is 0 Å². The van der Waals surface area contributed by atoms with Gasteiger partial charge in [0.05, 0.1) is 6.04 Å². The highest BCUT2D eigenvalue weighted by Gasteiger charge is 2.28. The van der Waals surface area contributed by atoms with Gasteiger partial charge in [0.2, 0.25) is 0 Å². The Hall–Kier alpha value is -2.60. The molecule has 27 heavy (non-hydrogen) atoms. The molecule has 0 saturated heterocycles. The van der Waals surface area contributed by atoms with Crippen LogP contribution in [0, 0.1) is 0 Å². The molecule has 4 rings (SSSR count). The van der Waals surface area contributed by atoms with E-state index in [1.807, 2.05) is 41.1 Å². The molecular weight excluding hydrogens is 358 g/mol. The maximum atomic E-state index is 12.5. The molecule has 138 valence electrons. The number of amides is 2. The van der Waals surface area contributed by atoms with Crippen molar-refractivity contribution in [1.29, 1.82) is 0 Å². The van der Waals surface area contributed by atoms with Crippen LogP contribution < -0.4 is 5.32 Å². The van der Waals surface area contributed by atoms with Crippen LogP contribution in [-0.4, -0.2) is 17.9 Å². The number of thiophene rings is 1. The molecule has 1 unspecified atom stereocenters. The van der Waals surface area contributed by atoms with E-state index < -0.39 is 0 Å². The monoisotopic (exact) mass is 379 g/mol. The molecule has 1 aliphatic heterocycles. The summed E-state index contributed by atoms with van der Waals surface area (Å²) in [6.07, 6.45) is 4.55. The molecule has 1 atom stereocenters. The van der Waals surface area contributed by atoms with Crippen molar-refractivity contribution in [3.63, 3.8) is 0 Å². The minimum Gasteiger partial charge on any atom is -0.348 e. The first-order chi connectivity index (χ1) is 13.2. The van der Waals surface area contributed by atoms with Crippen LogP contribution in [-0.2, 0) is 17.8 Å². The van der Waals surface area contributed by atoms with Crippen molar-refractivity contribution in [1.82, 2.24) is 5.32 Å². The lowest BCUT2D eigenvalue weighted by Crippen LogP contribution is -2.24. The molecular formula is C21H21N3O2S. The summed E-state index contributed by atoms with van der Waals surface area (Å²) in [5.41, 5.74) is 4.80. The summed E-state index contributed by atoms with van der Waals surface area (Å²) in [6.45, 7) is 0.530. The molecule has 2 heterocycles. The maximum Gasteiger partial charge on any atom is 0.291 e. The van der Waals surface area contributed by atoms with Crippen LogP contribution in [0.4, 0.5) is 0 Å². The van der Waals surface area contributed by atoms with Crippen LogP contribution in [0.3, 0.4) is 0 Å². The number of carbonyl (C=O) groups is 2. The van der Waals surface area contributed by atoms with Gasteiger partial charge in [0.15, 0.2) is 0 Å². The summed E-state index contributed by atoms with van der Waals surface area (Å²) in [6, 6.07) is 9.57. The van der Waals surface area contributed by atoms with E-state index in [4.69, 9.17) is 0 Å². The van der Waals surface area contributed by atoms with E-state index in [2.05, 4.69) is 15.5 Å². The smallest absolute Gasteiger partial charge is 0.291 e. The van der Waals surface area contributed by atoms with Gasteiger partial charge in [-0.25, -0.2) is 0 Å². The molecule has 2 aliphatic rings. The molecule has 2 aromatic rings. The number of rotatable bonds is 5. The topological polar surface area (TPSA) is 70.9 Å². The number of carbonyl (C=O) groups excluding carboxylic acids is 2. The molecule has 1 aromatic heterocycles. The summed E-state index contributed by atoms with van der Waals surface area (Å²) < 4.78 is 0. The zero-order valence-electron chi connectivity index (χ0n) is 15.0. The van der Waals surface area contributed by atoms with Crippen LogP contribution in [0.5, 0.6) is 0 Å². The first kappa shape index (κ1) is 17.8.